The van der Waals surface area contributed by atoms with Gasteiger partial charge in [0, 0.05) is 31.7 Å². The third kappa shape index (κ3) is 2.51. The minimum atomic E-state index is -0.0341. The SMILES string of the molecule is Cn1ccnc1SCCCn1c(=O)[nH]c2ccccc21. The molecule has 1 aromatic carbocycles. The second-order valence-electron chi connectivity index (χ2n) is 4.62. The van der Waals surface area contributed by atoms with Gasteiger partial charge in [0.15, 0.2) is 5.16 Å². The van der Waals surface area contributed by atoms with Crippen LogP contribution in [0.3, 0.4) is 0 Å². The molecule has 0 bridgehead atoms. The Kier molecular flexibility index (Phi) is 3.64. The number of nitrogens with zero attached hydrogens (tertiary/aromatic N) is 3. The maximum absolute atomic E-state index is 11.9. The van der Waals surface area contributed by atoms with Crippen LogP contribution in [-0.4, -0.2) is 24.9 Å². The van der Waals surface area contributed by atoms with E-state index < -0.39 is 0 Å². The second-order valence-corrected chi connectivity index (χ2v) is 5.68. The lowest BCUT2D eigenvalue weighted by Crippen LogP contribution is -2.17. The van der Waals surface area contributed by atoms with Gasteiger partial charge in [0.1, 0.15) is 0 Å². The predicted molar refractivity (Wildman–Crippen MR) is 81.1 cm³/mol. The maximum atomic E-state index is 11.9. The molecule has 0 spiro atoms. The summed E-state index contributed by atoms with van der Waals surface area (Å²) < 4.78 is 3.80. The molecule has 0 atom stereocenters. The minimum Gasteiger partial charge on any atom is -0.329 e. The van der Waals surface area contributed by atoms with Crippen LogP contribution < -0.4 is 5.69 Å². The Bertz CT molecular complexity index is 771. The van der Waals surface area contributed by atoms with Crippen molar-refractivity contribution in [3.63, 3.8) is 0 Å². The van der Waals surface area contributed by atoms with Crippen molar-refractivity contribution in [3.8, 4) is 0 Å². The van der Waals surface area contributed by atoms with E-state index in [2.05, 4.69) is 9.97 Å². The average Bonchev–Trinajstić information content (AvgIpc) is 2.98. The summed E-state index contributed by atoms with van der Waals surface area (Å²) in [4.78, 5) is 19.0. The van der Waals surface area contributed by atoms with Crippen LogP contribution in [0.1, 0.15) is 6.42 Å². The first-order valence-electron chi connectivity index (χ1n) is 6.53. The summed E-state index contributed by atoms with van der Waals surface area (Å²) in [6, 6.07) is 7.78. The quantitative estimate of drug-likeness (QED) is 0.578. The highest BCUT2D eigenvalue weighted by atomic mass is 32.2. The van der Waals surface area contributed by atoms with Gasteiger partial charge in [-0.05, 0) is 18.6 Å². The standard InChI is InChI=1S/C14H16N4OS/c1-17-9-7-15-14(17)20-10-4-8-18-12-6-3-2-5-11(12)16-13(18)19/h2-3,5-7,9H,4,8,10H2,1H3,(H,16,19). The smallest absolute Gasteiger partial charge is 0.326 e. The van der Waals surface area contributed by atoms with E-state index in [9.17, 15) is 4.79 Å². The zero-order chi connectivity index (χ0) is 13.9. The molecule has 2 aromatic heterocycles. The summed E-state index contributed by atoms with van der Waals surface area (Å²) >= 11 is 1.71. The monoisotopic (exact) mass is 288 g/mol. The number of aryl methyl sites for hydroxylation is 2. The lowest BCUT2D eigenvalue weighted by atomic mass is 10.3. The molecular weight excluding hydrogens is 272 g/mol. The number of hydrogen-bond donors (Lipinski definition) is 1. The number of aromatic nitrogens is 4. The van der Waals surface area contributed by atoms with Gasteiger partial charge in [-0.15, -0.1) is 0 Å². The molecule has 0 aliphatic heterocycles. The molecule has 0 amide bonds. The molecule has 0 aliphatic carbocycles. The summed E-state index contributed by atoms with van der Waals surface area (Å²) in [7, 11) is 1.99. The molecule has 0 saturated carbocycles. The summed E-state index contributed by atoms with van der Waals surface area (Å²) in [5.41, 5.74) is 1.84. The fourth-order valence-electron chi connectivity index (χ4n) is 2.21. The zero-order valence-electron chi connectivity index (χ0n) is 11.2. The van der Waals surface area contributed by atoms with Crippen molar-refractivity contribution in [3.05, 3.63) is 47.1 Å². The van der Waals surface area contributed by atoms with Crippen molar-refractivity contribution < 1.29 is 0 Å². The first kappa shape index (κ1) is 13.1. The molecule has 3 rings (SSSR count). The number of rotatable bonds is 5. The third-order valence-electron chi connectivity index (χ3n) is 3.22. The number of para-hydroxylation sites is 2. The van der Waals surface area contributed by atoms with Crippen molar-refractivity contribution in [1.29, 1.82) is 0 Å². The van der Waals surface area contributed by atoms with Gasteiger partial charge in [0.05, 0.1) is 11.0 Å². The van der Waals surface area contributed by atoms with E-state index in [1.54, 1.807) is 22.5 Å². The summed E-state index contributed by atoms with van der Waals surface area (Å²) in [5, 5.41) is 1.01. The van der Waals surface area contributed by atoms with Gasteiger partial charge in [0.2, 0.25) is 0 Å². The van der Waals surface area contributed by atoms with E-state index in [1.165, 1.54) is 0 Å². The fraction of sp³-hybridized carbons (Fsp3) is 0.286. The number of H-pyrrole nitrogens is 1. The highest BCUT2D eigenvalue weighted by Crippen LogP contribution is 2.16. The lowest BCUT2D eigenvalue weighted by molar-refractivity contribution is 0.678. The van der Waals surface area contributed by atoms with E-state index >= 15 is 0 Å². The van der Waals surface area contributed by atoms with Crippen LogP contribution in [0.15, 0.2) is 46.6 Å². The molecule has 0 radical (unpaired) electrons. The molecule has 20 heavy (non-hydrogen) atoms. The summed E-state index contributed by atoms with van der Waals surface area (Å²) in [5.74, 6) is 0.941. The van der Waals surface area contributed by atoms with Crippen LogP contribution in [0, 0.1) is 0 Å². The number of fused-ring (bicyclic) bond motifs is 1. The molecule has 5 nitrogen and oxygen atoms in total. The summed E-state index contributed by atoms with van der Waals surface area (Å²) in [6.07, 6.45) is 4.66. The van der Waals surface area contributed by atoms with Crippen molar-refractivity contribution >= 4 is 22.8 Å². The molecule has 1 N–H and O–H groups in total. The number of nitrogens with one attached hydrogen (secondary N) is 1. The van der Waals surface area contributed by atoms with Gasteiger partial charge in [0.25, 0.3) is 0 Å². The van der Waals surface area contributed by atoms with E-state index in [-0.39, 0.29) is 5.69 Å². The van der Waals surface area contributed by atoms with Gasteiger partial charge >= 0.3 is 5.69 Å². The van der Waals surface area contributed by atoms with E-state index in [0.717, 1.165) is 34.9 Å². The Labute approximate surface area is 120 Å². The van der Waals surface area contributed by atoms with Crippen LogP contribution in [0.2, 0.25) is 0 Å². The highest BCUT2D eigenvalue weighted by Gasteiger charge is 2.06. The molecule has 0 unspecified atom stereocenters. The molecule has 6 heteroatoms. The van der Waals surface area contributed by atoms with Crippen LogP contribution in [-0.2, 0) is 13.6 Å². The Morgan fingerprint density at radius 2 is 2.20 bits per heavy atom. The molecule has 3 aromatic rings. The predicted octanol–water partition coefficient (Wildman–Crippen LogP) is 2.25. The van der Waals surface area contributed by atoms with Gasteiger partial charge in [-0.3, -0.25) is 4.57 Å². The van der Waals surface area contributed by atoms with Crippen molar-refractivity contribution in [2.45, 2.75) is 18.1 Å². The van der Waals surface area contributed by atoms with Crippen molar-refractivity contribution in [1.82, 2.24) is 19.1 Å². The Morgan fingerprint density at radius 1 is 1.35 bits per heavy atom. The molecule has 0 fully saturated rings. The Hall–Kier alpha value is -1.95. The number of hydrogen-bond acceptors (Lipinski definition) is 3. The zero-order valence-corrected chi connectivity index (χ0v) is 12.1. The van der Waals surface area contributed by atoms with Gasteiger partial charge < -0.3 is 9.55 Å². The number of thioether (sulfide) groups is 1. The molecule has 0 aliphatic rings. The van der Waals surface area contributed by atoms with Crippen LogP contribution >= 0.6 is 11.8 Å². The fourth-order valence-corrected chi connectivity index (χ4v) is 3.06. The van der Waals surface area contributed by atoms with Crippen LogP contribution in [0.4, 0.5) is 0 Å². The van der Waals surface area contributed by atoms with Gasteiger partial charge in [-0.1, -0.05) is 23.9 Å². The lowest BCUT2D eigenvalue weighted by Gasteiger charge is -2.03. The second kappa shape index (κ2) is 5.58. The van der Waals surface area contributed by atoms with Gasteiger partial charge in [-0.25, -0.2) is 9.78 Å². The molecule has 104 valence electrons. The van der Waals surface area contributed by atoms with E-state index in [1.807, 2.05) is 42.1 Å². The minimum absolute atomic E-state index is 0.0341. The highest BCUT2D eigenvalue weighted by molar-refractivity contribution is 7.99. The van der Waals surface area contributed by atoms with E-state index in [4.69, 9.17) is 0 Å². The van der Waals surface area contributed by atoms with Crippen LogP contribution in [0.5, 0.6) is 0 Å². The van der Waals surface area contributed by atoms with Crippen LogP contribution in [0.25, 0.3) is 11.0 Å². The van der Waals surface area contributed by atoms with Crippen molar-refractivity contribution in [2.75, 3.05) is 5.75 Å². The van der Waals surface area contributed by atoms with E-state index in [0.29, 0.717) is 0 Å². The molecule has 2 heterocycles. The number of aromatic amines is 1. The first-order chi connectivity index (χ1) is 9.75. The number of benzene rings is 1. The Morgan fingerprint density at radius 3 is 3.00 bits per heavy atom. The summed E-state index contributed by atoms with van der Waals surface area (Å²) in [6.45, 7) is 0.722. The Balaban J connectivity index is 1.64. The number of imidazole rings is 2. The topological polar surface area (TPSA) is 55.6 Å². The average molecular weight is 288 g/mol. The normalized spacial score (nSPS) is 11.2. The largest absolute Gasteiger partial charge is 0.329 e. The van der Waals surface area contributed by atoms with Gasteiger partial charge in [-0.2, -0.15) is 0 Å². The molecular formula is C14H16N4OS. The third-order valence-corrected chi connectivity index (χ3v) is 4.36. The first-order valence-corrected chi connectivity index (χ1v) is 7.52. The van der Waals surface area contributed by atoms with Crippen molar-refractivity contribution in [2.24, 2.45) is 7.05 Å². The molecule has 0 saturated heterocycles. The maximum Gasteiger partial charge on any atom is 0.326 e.